The number of hydrogen-bond donors (Lipinski definition) is 1. The molecule has 3 aromatic rings. The Kier molecular flexibility index (Phi) is 11.5. The minimum absolute atomic E-state index is 0.0158. The Balaban J connectivity index is 2.09. The van der Waals surface area contributed by atoms with E-state index in [1.54, 1.807) is 18.2 Å². The first kappa shape index (κ1) is 32.6. The van der Waals surface area contributed by atoms with Crippen LogP contribution in [0.5, 0.6) is 5.75 Å². The van der Waals surface area contributed by atoms with Crippen LogP contribution >= 0.6 is 0 Å². The quantitative estimate of drug-likeness (QED) is 0.304. The number of amides is 2. The van der Waals surface area contributed by atoms with Gasteiger partial charge >= 0.3 is 10.2 Å². The summed E-state index contributed by atoms with van der Waals surface area (Å²) in [7, 11) is 0.0651. The summed E-state index contributed by atoms with van der Waals surface area (Å²) in [5.74, 6) is -0.752. The Morgan fingerprint density at radius 3 is 2.17 bits per heavy atom. The number of methoxy groups -OCH3 is 1. The van der Waals surface area contributed by atoms with E-state index in [0.717, 1.165) is 26.3 Å². The predicted octanol–water partition coefficient (Wildman–Crippen LogP) is 3.86. The van der Waals surface area contributed by atoms with E-state index in [2.05, 4.69) is 5.32 Å². The maximum absolute atomic E-state index is 14.2. The first-order valence-corrected chi connectivity index (χ1v) is 15.0. The summed E-state index contributed by atoms with van der Waals surface area (Å²) in [6.45, 7) is 3.75. The fourth-order valence-corrected chi connectivity index (χ4v) is 5.32. The van der Waals surface area contributed by atoms with Gasteiger partial charge < -0.3 is 15.0 Å². The highest BCUT2D eigenvalue weighted by atomic mass is 32.2. The van der Waals surface area contributed by atoms with E-state index in [0.29, 0.717) is 17.9 Å². The second-order valence-corrected chi connectivity index (χ2v) is 12.6. The Hall–Kier alpha value is -3.96. The maximum atomic E-state index is 14.2. The first-order valence-electron chi connectivity index (χ1n) is 13.6. The Labute approximate surface area is 248 Å². The predicted molar refractivity (Wildman–Crippen MR) is 162 cm³/mol. The number of anilines is 1. The smallest absolute Gasteiger partial charge is 0.304 e. The lowest BCUT2D eigenvalue weighted by Gasteiger charge is -2.34. The molecule has 0 fully saturated rings. The van der Waals surface area contributed by atoms with Gasteiger partial charge in [0.15, 0.2) is 0 Å². The highest BCUT2D eigenvalue weighted by Gasteiger charge is 2.34. The molecule has 1 atom stereocenters. The van der Waals surface area contributed by atoms with Crippen LogP contribution in [0.2, 0.25) is 0 Å². The van der Waals surface area contributed by atoms with Gasteiger partial charge in [-0.2, -0.15) is 12.7 Å². The van der Waals surface area contributed by atoms with Crippen LogP contribution in [0.25, 0.3) is 0 Å². The molecule has 0 aliphatic rings. The fourth-order valence-electron chi connectivity index (χ4n) is 4.27. The molecule has 3 aromatic carbocycles. The lowest BCUT2D eigenvalue weighted by Crippen LogP contribution is -2.54. The molecule has 0 spiro atoms. The third kappa shape index (κ3) is 8.77. The summed E-state index contributed by atoms with van der Waals surface area (Å²) in [6, 6.07) is 20.3. The molecule has 226 valence electrons. The van der Waals surface area contributed by atoms with Crippen molar-refractivity contribution in [2.75, 3.05) is 38.6 Å². The average Bonchev–Trinajstić information content (AvgIpc) is 2.97. The number of nitrogens with one attached hydrogen (secondary N) is 1. The largest absolute Gasteiger partial charge is 0.497 e. The molecule has 0 radical (unpaired) electrons. The Morgan fingerprint density at radius 1 is 0.929 bits per heavy atom. The van der Waals surface area contributed by atoms with Crippen LogP contribution in [-0.4, -0.2) is 69.8 Å². The van der Waals surface area contributed by atoms with Crippen molar-refractivity contribution in [3.05, 3.63) is 95.8 Å². The molecule has 0 bridgehead atoms. The normalized spacial score (nSPS) is 12.2. The highest BCUT2D eigenvalue weighted by Crippen LogP contribution is 2.23. The summed E-state index contributed by atoms with van der Waals surface area (Å²) >= 11 is 0. The van der Waals surface area contributed by atoms with E-state index in [1.807, 2.05) is 50.2 Å². The van der Waals surface area contributed by atoms with Crippen LogP contribution in [0.3, 0.4) is 0 Å². The van der Waals surface area contributed by atoms with E-state index in [9.17, 15) is 22.4 Å². The molecule has 3 rings (SSSR count). The molecule has 42 heavy (non-hydrogen) atoms. The number of rotatable bonds is 14. The van der Waals surface area contributed by atoms with Gasteiger partial charge in [0, 0.05) is 33.6 Å². The Morgan fingerprint density at radius 2 is 1.57 bits per heavy atom. The van der Waals surface area contributed by atoms with Gasteiger partial charge in [-0.1, -0.05) is 56.3 Å². The maximum Gasteiger partial charge on any atom is 0.304 e. The second kappa shape index (κ2) is 14.8. The average molecular weight is 599 g/mol. The van der Waals surface area contributed by atoms with E-state index >= 15 is 0 Å². The molecule has 0 aliphatic heterocycles. The summed E-state index contributed by atoms with van der Waals surface area (Å²) in [5.41, 5.74) is 1.65. The molecular formula is C31H39FN4O5S. The molecule has 9 nitrogen and oxygen atoms in total. The summed E-state index contributed by atoms with van der Waals surface area (Å²) in [6.07, 6.45) is 0.206. The minimum Gasteiger partial charge on any atom is -0.497 e. The number of hydrogen-bond acceptors (Lipinski definition) is 5. The van der Waals surface area contributed by atoms with E-state index in [4.69, 9.17) is 4.74 Å². The number of ether oxygens (including phenoxy) is 1. The molecule has 1 unspecified atom stereocenters. The van der Waals surface area contributed by atoms with E-state index in [-0.39, 0.29) is 30.5 Å². The minimum atomic E-state index is -4.17. The van der Waals surface area contributed by atoms with Crippen molar-refractivity contribution in [3.63, 3.8) is 0 Å². The van der Waals surface area contributed by atoms with Crippen molar-refractivity contribution >= 4 is 27.7 Å². The zero-order valence-electron chi connectivity index (χ0n) is 24.7. The molecule has 11 heteroatoms. The first-order chi connectivity index (χ1) is 19.9. The number of carbonyl (C=O) groups is 2. The second-order valence-electron chi connectivity index (χ2n) is 10.5. The summed E-state index contributed by atoms with van der Waals surface area (Å²) in [4.78, 5) is 29.3. The van der Waals surface area contributed by atoms with Crippen molar-refractivity contribution in [2.24, 2.45) is 5.92 Å². The van der Waals surface area contributed by atoms with Crippen molar-refractivity contribution in [1.29, 1.82) is 0 Å². The number of halogens is 1. The molecule has 0 saturated carbocycles. The lowest BCUT2D eigenvalue weighted by atomic mass is 10.0. The van der Waals surface area contributed by atoms with Crippen molar-refractivity contribution in [2.45, 2.75) is 32.9 Å². The van der Waals surface area contributed by atoms with Crippen LogP contribution < -0.4 is 14.4 Å². The van der Waals surface area contributed by atoms with Gasteiger partial charge in [0.1, 0.15) is 24.2 Å². The summed E-state index contributed by atoms with van der Waals surface area (Å²) in [5, 5.41) is 2.95. The summed E-state index contributed by atoms with van der Waals surface area (Å²) < 4.78 is 47.7. The van der Waals surface area contributed by atoms with Gasteiger partial charge in [-0.05, 0) is 53.4 Å². The van der Waals surface area contributed by atoms with Gasteiger partial charge in [0.05, 0.1) is 12.8 Å². The van der Waals surface area contributed by atoms with Gasteiger partial charge in [0.25, 0.3) is 0 Å². The van der Waals surface area contributed by atoms with Crippen LogP contribution in [-0.2, 0) is 32.8 Å². The third-order valence-corrected chi connectivity index (χ3v) is 8.40. The van der Waals surface area contributed by atoms with E-state index < -0.39 is 34.5 Å². The van der Waals surface area contributed by atoms with Gasteiger partial charge in [-0.15, -0.1) is 0 Å². The standard InChI is InChI=1S/C31H39FN4O5S/c1-23(2)20-33-31(38)29(19-24-10-7-6-8-11-24)35(21-25-12-9-13-28(18-25)41-5)30(37)22-36(42(39,40)34(3)4)27-16-14-26(32)15-17-27/h6-18,23,29H,19-22H2,1-5H3,(H,33,38). The van der Waals surface area contributed by atoms with Crippen molar-refractivity contribution in [1.82, 2.24) is 14.5 Å². The zero-order chi connectivity index (χ0) is 30.9. The molecule has 1 N–H and O–H groups in total. The van der Waals surface area contributed by atoms with Crippen molar-refractivity contribution < 1.29 is 27.1 Å². The molecule has 0 saturated heterocycles. The van der Waals surface area contributed by atoms with E-state index in [1.165, 1.54) is 38.2 Å². The monoisotopic (exact) mass is 598 g/mol. The fraction of sp³-hybridized carbons (Fsp3) is 0.355. The topological polar surface area (TPSA) is 99.3 Å². The van der Waals surface area contributed by atoms with Crippen LogP contribution in [0.4, 0.5) is 10.1 Å². The van der Waals surface area contributed by atoms with Crippen molar-refractivity contribution in [3.8, 4) is 5.75 Å². The lowest BCUT2D eigenvalue weighted by molar-refractivity contribution is -0.140. The molecule has 2 amide bonds. The Bertz CT molecular complexity index is 1430. The van der Waals surface area contributed by atoms with Crippen LogP contribution in [0.1, 0.15) is 25.0 Å². The molecular weight excluding hydrogens is 559 g/mol. The molecule has 0 aromatic heterocycles. The molecule has 0 aliphatic carbocycles. The SMILES string of the molecule is COc1cccc(CN(C(=O)CN(c2ccc(F)cc2)S(=O)(=O)N(C)C)C(Cc2ccccc2)C(=O)NCC(C)C)c1. The van der Waals surface area contributed by atoms with Gasteiger partial charge in [-0.3, -0.25) is 9.59 Å². The molecule has 0 heterocycles. The number of carbonyl (C=O) groups excluding carboxylic acids is 2. The third-order valence-electron chi connectivity index (χ3n) is 6.58. The van der Waals surface area contributed by atoms with Gasteiger partial charge in [-0.25, -0.2) is 8.70 Å². The number of benzene rings is 3. The van der Waals surface area contributed by atoms with Gasteiger partial charge in [0.2, 0.25) is 11.8 Å². The number of nitrogens with zero attached hydrogens (tertiary/aromatic N) is 3. The van der Waals surface area contributed by atoms with Crippen LogP contribution in [0, 0.1) is 11.7 Å². The zero-order valence-corrected chi connectivity index (χ0v) is 25.5. The van der Waals surface area contributed by atoms with Crippen LogP contribution in [0.15, 0.2) is 78.9 Å². The highest BCUT2D eigenvalue weighted by molar-refractivity contribution is 7.90.